The summed E-state index contributed by atoms with van der Waals surface area (Å²) in [6, 6.07) is 17.8. The maximum atomic E-state index is 13.7. The van der Waals surface area contributed by atoms with Gasteiger partial charge in [-0.25, -0.2) is 8.78 Å². The molecule has 0 saturated carbocycles. The molecule has 0 aromatic heterocycles. The summed E-state index contributed by atoms with van der Waals surface area (Å²) in [4.78, 5) is 2.37. The molecule has 2 atom stereocenters. The first-order valence-electron chi connectivity index (χ1n) is 14.7. The van der Waals surface area contributed by atoms with E-state index in [0.717, 1.165) is 86.6 Å². The Balaban J connectivity index is 1.11. The summed E-state index contributed by atoms with van der Waals surface area (Å²) in [6.45, 7) is 6.09. The van der Waals surface area contributed by atoms with Crippen LogP contribution in [0.1, 0.15) is 35.4 Å². The fourth-order valence-corrected chi connectivity index (χ4v) is 5.50. The summed E-state index contributed by atoms with van der Waals surface area (Å²) in [5, 5.41) is 3.48. The Hall–Kier alpha value is -3.24. The Kier molecular flexibility index (Phi) is 11.0. The predicted molar refractivity (Wildman–Crippen MR) is 157 cm³/mol. The van der Waals surface area contributed by atoms with Crippen molar-refractivity contribution in [2.45, 2.75) is 38.1 Å². The van der Waals surface area contributed by atoms with Crippen LogP contribution in [0.4, 0.5) is 14.5 Å². The fourth-order valence-electron chi connectivity index (χ4n) is 5.50. The summed E-state index contributed by atoms with van der Waals surface area (Å²) in [5.41, 5.74) is 3.67. The number of anilines is 1. The Morgan fingerprint density at radius 3 is 2.71 bits per heavy atom. The number of nitrogens with one attached hydrogen (secondary N) is 1. The van der Waals surface area contributed by atoms with Crippen molar-refractivity contribution in [1.82, 2.24) is 5.32 Å². The Bertz CT molecular complexity index is 1280. The first kappa shape index (κ1) is 30.2. The second kappa shape index (κ2) is 15.3. The highest BCUT2D eigenvalue weighted by molar-refractivity contribution is 5.61. The van der Waals surface area contributed by atoms with Gasteiger partial charge in [-0.2, -0.15) is 0 Å². The third kappa shape index (κ3) is 8.19. The van der Waals surface area contributed by atoms with Crippen molar-refractivity contribution >= 4 is 5.69 Å². The van der Waals surface area contributed by atoms with E-state index in [1.165, 1.54) is 5.56 Å². The SMILES string of the molecule is COCCCN1CCOc2ccc(CO[C@H]3CNCC[C@@H]3c3ccc(OCCOCc4cc(F)ccc4F)cc3)cc21. The minimum atomic E-state index is -0.484. The van der Waals surface area contributed by atoms with Gasteiger partial charge in [0.2, 0.25) is 0 Å². The molecule has 226 valence electrons. The molecule has 0 amide bonds. The average molecular weight is 583 g/mol. The van der Waals surface area contributed by atoms with Crippen LogP contribution >= 0.6 is 0 Å². The van der Waals surface area contributed by atoms with Crippen LogP contribution in [-0.4, -0.2) is 65.8 Å². The van der Waals surface area contributed by atoms with Gasteiger partial charge in [0.1, 0.15) is 36.3 Å². The summed E-state index contributed by atoms with van der Waals surface area (Å²) in [7, 11) is 1.74. The third-order valence-corrected chi connectivity index (χ3v) is 7.72. The highest BCUT2D eigenvalue weighted by Gasteiger charge is 2.27. The lowest BCUT2D eigenvalue weighted by Gasteiger charge is -2.33. The molecule has 3 aromatic carbocycles. The topological polar surface area (TPSA) is 61.4 Å². The molecule has 1 N–H and O–H groups in total. The molecule has 1 fully saturated rings. The van der Waals surface area contributed by atoms with Gasteiger partial charge in [0.15, 0.2) is 0 Å². The number of nitrogens with zero attached hydrogens (tertiary/aromatic N) is 1. The largest absolute Gasteiger partial charge is 0.491 e. The van der Waals surface area contributed by atoms with Crippen LogP contribution in [0.5, 0.6) is 11.5 Å². The Morgan fingerprint density at radius 2 is 1.86 bits per heavy atom. The van der Waals surface area contributed by atoms with Crippen molar-refractivity contribution < 1.29 is 32.5 Å². The molecule has 9 heteroatoms. The number of methoxy groups -OCH3 is 1. The molecule has 0 spiro atoms. The van der Waals surface area contributed by atoms with Crippen molar-refractivity contribution in [1.29, 1.82) is 0 Å². The van der Waals surface area contributed by atoms with Gasteiger partial charge in [0, 0.05) is 38.3 Å². The van der Waals surface area contributed by atoms with Gasteiger partial charge in [0.05, 0.1) is 38.2 Å². The fraction of sp³-hybridized carbons (Fsp3) is 0.455. The van der Waals surface area contributed by atoms with Crippen LogP contribution in [0.2, 0.25) is 0 Å². The average Bonchev–Trinajstić information content (AvgIpc) is 3.02. The van der Waals surface area contributed by atoms with Crippen LogP contribution in [0.15, 0.2) is 60.7 Å². The zero-order valence-electron chi connectivity index (χ0n) is 24.2. The van der Waals surface area contributed by atoms with Crippen LogP contribution < -0.4 is 19.7 Å². The zero-order chi connectivity index (χ0) is 29.1. The number of halogens is 2. The first-order valence-corrected chi connectivity index (χ1v) is 14.7. The number of hydrogen-bond donors (Lipinski definition) is 1. The van der Waals surface area contributed by atoms with Crippen LogP contribution in [0.25, 0.3) is 0 Å². The molecule has 2 aliphatic rings. The van der Waals surface area contributed by atoms with Gasteiger partial charge in [-0.1, -0.05) is 18.2 Å². The number of rotatable bonds is 14. The van der Waals surface area contributed by atoms with E-state index in [4.69, 9.17) is 23.7 Å². The minimum absolute atomic E-state index is 0.00509. The standard InChI is InChI=1S/C33H40F2N2O5/c1-38-15-2-13-37-14-16-41-32-10-3-24(19-31(32)37)22-42-33-21-36-12-11-29(33)25-4-7-28(8-5-25)40-18-17-39-23-26-20-27(34)6-9-30(26)35/h3-10,19-20,29,33,36H,2,11-18,21-23H2,1H3/t29-,33+/m1/s1. The van der Waals surface area contributed by atoms with E-state index in [0.29, 0.717) is 19.8 Å². The van der Waals surface area contributed by atoms with E-state index in [9.17, 15) is 8.78 Å². The normalized spacial score (nSPS) is 18.4. The maximum absolute atomic E-state index is 13.7. The number of hydrogen-bond acceptors (Lipinski definition) is 7. The number of piperidine rings is 1. The van der Waals surface area contributed by atoms with Crippen LogP contribution in [0, 0.1) is 11.6 Å². The molecule has 0 aliphatic carbocycles. The molecule has 2 aliphatic heterocycles. The highest BCUT2D eigenvalue weighted by atomic mass is 19.1. The summed E-state index contributed by atoms with van der Waals surface area (Å²) in [5.74, 6) is 0.968. The summed E-state index contributed by atoms with van der Waals surface area (Å²) >= 11 is 0. The molecule has 0 bridgehead atoms. The van der Waals surface area contributed by atoms with Crippen molar-refractivity contribution in [3.8, 4) is 11.5 Å². The molecule has 2 heterocycles. The summed E-state index contributed by atoms with van der Waals surface area (Å²) < 4.78 is 55.9. The number of fused-ring (bicyclic) bond motifs is 1. The molecular weight excluding hydrogens is 542 g/mol. The van der Waals surface area contributed by atoms with Crippen LogP contribution in [0.3, 0.4) is 0 Å². The molecule has 0 unspecified atom stereocenters. The third-order valence-electron chi connectivity index (χ3n) is 7.72. The molecule has 7 nitrogen and oxygen atoms in total. The smallest absolute Gasteiger partial charge is 0.142 e. The lowest BCUT2D eigenvalue weighted by atomic mass is 9.87. The zero-order valence-corrected chi connectivity index (χ0v) is 24.2. The Morgan fingerprint density at radius 1 is 0.976 bits per heavy atom. The monoisotopic (exact) mass is 582 g/mol. The second-order valence-corrected chi connectivity index (χ2v) is 10.6. The second-order valence-electron chi connectivity index (χ2n) is 10.6. The quantitative estimate of drug-likeness (QED) is 0.254. The molecular formula is C33H40F2N2O5. The van der Waals surface area contributed by atoms with E-state index >= 15 is 0 Å². The molecule has 0 radical (unpaired) electrons. The van der Waals surface area contributed by atoms with E-state index in [1.54, 1.807) is 7.11 Å². The molecule has 1 saturated heterocycles. The van der Waals surface area contributed by atoms with E-state index in [1.807, 2.05) is 12.1 Å². The molecule has 3 aromatic rings. The van der Waals surface area contributed by atoms with Gasteiger partial charge in [-0.15, -0.1) is 0 Å². The number of benzene rings is 3. The van der Waals surface area contributed by atoms with E-state index in [-0.39, 0.29) is 30.8 Å². The van der Waals surface area contributed by atoms with E-state index < -0.39 is 11.6 Å². The van der Waals surface area contributed by atoms with Crippen molar-refractivity contribution in [2.24, 2.45) is 0 Å². The minimum Gasteiger partial charge on any atom is -0.491 e. The van der Waals surface area contributed by atoms with Gasteiger partial charge in [0.25, 0.3) is 0 Å². The summed E-state index contributed by atoms with van der Waals surface area (Å²) in [6.07, 6.45) is 2.01. The molecule has 5 rings (SSSR count). The van der Waals surface area contributed by atoms with Gasteiger partial charge < -0.3 is 33.9 Å². The van der Waals surface area contributed by atoms with Crippen molar-refractivity contribution in [2.75, 3.05) is 64.6 Å². The maximum Gasteiger partial charge on any atom is 0.142 e. The Labute approximate surface area is 246 Å². The predicted octanol–water partition coefficient (Wildman–Crippen LogP) is 5.46. The lowest BCUT2D eigenvalue weighted by molar-refractivity contribution is 0.0106. The van der Waals surface area contributed by atoms with Crippen molar-refractivity contribution in [3.05, 3.63) is 89.0 Å². The van der Waals surface area contributed by atoms with Crippen molar-refractivity contribution in [3.63, 3.8) is 0 Å². The van der Waals surface area contributed by atoms with Crippen LogP contribution in [-0.2, 0) is 27.4 Å². The number of ether oxygens (including phenoxy) is 5. The highest BCUT2D eigenvalue weighted by Crippen LogP contribution is 2.34. The van der Waals surface area contributed by atoms with Gasteiger partial charge >= 0.3 is 0 Å². The molecule has 42 heavy (non-hydrogen) atoms. The van der Waals surface area contributed by atoms with Gasteiger partial charge in [-0.3, -0.25) is 0 Å². The van der Waals surface area contributed by atoms with E-state index in [2.05, 4.69) is 40.5 Å². The first-order chi connectivity index (χ1) is 20.6. The van der Waals surface area contributed by atoms with Gasteiger partial charge in [-0.05, 0) is 73.0 Å². The lowest BCUT2D eigenvalue weighted by Crippen LogP contribution is -2.41.